The van der Waals surface area contributed by atoms with Crippen molar-refractivity contribution in [2.24, 2.45) is 0 Å². The van der Waals surface area contributed by atoms with Crippen LogP contribution in [0.5, 0.6) is 0 Å². The third kappa shape index (κ3) is 5.31. The van der Waals surface area contributed by atoms with E-state index in [1.807, 2.05) is 0 Å². The summed E-state index contributed by atoms with van der Waals surface area (Å²) in [6.45, 7) is 4.75. The van der Waals surface area contributed by atoms with E-state index >= 15 is 0 Å². The summed E-state index contributed by atoms with van der Waals surface area (Å²) in [5.74, 6) is 0. The van der Waals surface area contributed by atoms with Gasteiger partial charge in [-0.2, -0.15) is 0 Å². The first-order valence-electron chi connectivity index (χ1n) is 20.7. The van der Waals surface area contributed by atoms with Crippen molar-refractivity contribution in [2.75, 3.05) is 4.90 Å². The van der Waals surface area contributed by atoms with Crippen molar-refractivity contribution in [1.29, 1.82) is 0 Å². The van der Waals surface area contributed by atoms with Crippen molar-refractivity contribution in [3.8, 4) is 44.5 Å². The summed E-state index contributed by atoms with van der Waals surface area (Å²) in [7, 11) is 0. The number of hydrogen-bond donors (Lipinski definition) is 0. The van der Waals surface area contributed by atoms with Gasteiger partial charge in [-0.05, 0) is 91.0 Å². The average molecular weight is 754 g/mol. The summed E-state index contributed by atoms with van der Waals surface area (Å²) in [4.78, 5) is 2.54. The second kappa shape index (κ2) is 13.7. The maximum atomic E-state index is 2.54. The van der Waals surface area contributed by atoms with Crippen LogP contribution in [0.15, 0.2) is 224 Å². The molecule has 0 bridgehead atoms. The smallest absolute Gasteiger partial charge is 0.0714 e. The van der Waals surface area contributed by atoms with Crippen molar-refractivity contribution < 1.29 is 0 Å². The van der Waals surface area contributed by atoms with Crippen molar-refractivity contribution >= 4 is 17.1 Å². The maximum Gasteiger partial charge on any atom is 0.0714 e. The van der Waals surface area contributed by atoms with E-state index in [9.17, 15) is 0 Å². The number of nitrogens with zero attached hydrogens (tertiary/aromatic N) is 1. The van der Waals surface area contributed by atoms with Gasteiger partial charge in [0, 0.05) is 22.2 Å². The van der Waals surface area contributed by atoms with Crippen LogP contribution in [-0.2, 0) is 10.8 Å². The molecule has 0 saturated heterocycles. The molecular formula is C58H43N. The molecule has 280 valence electrons. The summed E-state index contributed by atoms with van der Waals surface area (Å²) < 4.78 is 0. The summed E-state index contributed by atoms with van der Waals surface area (Å²) in [5, 5.41) is 0. The molecular weight excluding hydrogens is 711 g/mol. The highest BCUT2D eigenvalue weighted by Gasteiger charge is 2.47. The van der Waals surface area contributed by atoms with Crippen LogP contribution in [0.2, 0.25) is 0 Å². The summed E-state index contributed by atoms with van der Waals surface area (Å²) in [5.41, 5.74) is 20.5. The largest absolute Gasteiger partial charge is 0.309 e. The number of rotatable bonds is 7. The molecule has 1 nitrogen and oxygen atoms in total. The lowest BCUT2D eigenvalue weighted by atomic mass is 9.68. The van der Waals surface area contributed by atoms with Gasteiger partial charge < -0.3 is 4.90 Å². The van der Waals surface area contributed by atoms with Crippen LogP contribution in [-0.4, -0.2) is 0 Å². The summed E-state index contributed by atoms with van der Waals surface area (Å²) >= 11 is 0. The molecule has 0 unspecified atom stereocenters. The van der Waals surface area contributed by atoms with Crippen LogP contribution in [0, 0.1) is 0 Å². The van der Waals surface area contributed by atoms with Crippen molar-refractivity contribution in [3.05, 3.63) is 258 Å². The van der Waals surface area contributed by atoms with Crippen LogP contribution in [0.4, 0.5) is 17.1 Å². The third-order valence-corrected chi connectivity index (χ3v) is 13.0. The van der Waals surface area contributed by atoms with Gasteiger partial charge in [-0.15, -0.1) is 0 Å². The van der Waals surface area contributed by atoms with Gasteiger partial charge in [0.15, 0.2) is 0 Å². The molecule has 2 aliphatic carbocycles. The molecule has 2 aliphatic rings. The van der Waals surface area contributed by atoms with Gasteiger partial charge in [0.2, 0.25) is 0 Å². The Hall–Kier alpha value is -7.22. The molecule has 0 radical (unpaired) electrons. The molecule has 0 saturated carbocycles. The minimum atomic E-state index is -0.509. The van der Waals surface area contributed by atoms with E-state index in [0.29, 0.717) is 0 Å². The van der Waals surface area contributed by atoms with E-state index in [4.69, 9.17) is 0 Å². The standard InChI is InChI=1S/C58H43N/c1-57(2)50-28-15-12-26-47(50)48-38-37-45(39-53(48)57)59(54-31-17-14-25-46(54)42-35-33-41(34-36-42)40-19-6-3-7-20-40)55-32-18-30-52-56(55)49-27-13-16-29-51(49)58(52,43-21-8-4-9-22-43)44-23-10-5-11-24-44/h3-39H,1-2H3. The minimum Gasteiger partial charge on any atom is -0.309 e. The normalized spacial score (nSPS) is 13.9. The van der Waals surface area contributed by atoms with Gasteiger partial charge in [-0.25, -0.2) is 0 Å². The average Bonchev–Trinajstić information content (AvgIpc) is 3.74. The zero-order valence-electron chi connectivity index (χ0n) is 33.3. The zero-order chi connectivity index (χ0) is 39.6. The highest BCUT2D eigenvalue weighted by atomic mass is 15.1. The molecule has 59 heavy (non-hydrogen) atoms. The Morgan fingerprint density at radius 3 is 1.51 bits per heavy atom. The van der Waals surface area contributed by atoms with Crippen LogP contribution in [0.25, 0.3) is 44.5 Å². The molecule has 11 rings (SSSR count). The topological polar surface area (TPSA) is 3.24 Å². The Bertz CT molecular complexity index is 2960. The number of hydrogen-bond acceptors (Lipinski definition) is 1. The Kier molecular flexibility index (Phi) is 8.13. The molecule has 0 aliphatic heterocycles. The van der Waals surface area contributed by atoms with E-state index < -0.39 is 5.41 Å². The van der Waals surface area contributed by atoms with Crippen molar-refractivity contribution in [1.82, 2.24) is 0 Å². The molecule has 0 fully saturated rings. The highest BCUT2D eigenvalue weighted by Crippen LogP contribution is 2.60. The number of benzene rings is 9. The highest BCUT2D eigenvalue weighted by molar-refractivity contribution is 6.00. The monoisotopic (exact) mass is 753 g/mol. The summed E-state index contributed by atoms with van der Waals surface area (Å²) in [6.07, 6.45) is 0. The molecule has 0 amide bonds. The molecule has 0 aromatic heterocycles. The van der Waals surface area contributed by atoms with Crippen LogP contribution in [0.3, 0.4) is 0 Å². The van der Waals surface area contributed by atoms with Crippen LogP contribution < -0.4 is 4.90 Å². The number of para-hydroxylation sites is 1. The fraction of sp³-hybridized carbons (Fsp3) is 0.0690. The van der Waals surface area contributed by atoms with Gasteiger partial charge in [0.25, 0.3) is 0 Å². The van der Waals surface area contributed by atoms with Gasteiger partial charge >= 0.3 is 0 Å². The van der Waals surface area contributed by atoms with Crippen LogP contribution in [0.1, 0.15) is 47.2 Å². The maximum absolute atomic E-state index is 2.54. The van der Waals surface area contributed by atoms with E-state index in [1.165, 1.54) is 77.9 Å². The minimum absolute atomic E-state index is 0.151. The molecule has 1 heteroatoms. The molecule has 9 aromatic rings. The van der Waals surface area contributed by atoms with Gasteiger partial charge in [-0.1, -0.05) is 214 Å². The lowest BCUT2D eigenvalue weighted by Crippen LogP contribution is -2.28. The first kappa shape index (κ1) is 35.0. The first-order valence-corrected chi connectivity index (χ1v) is 20.7. The Morgan fingerprint density at radius 2 is 0.814 bits per heavy atom. The number of anilines is 3. The fourth-order valence-electron chi connectivity index (χ4n) is 10.3. The van der Waals surface area contributed by atoms with Gasteiger partial charge in [0.1, 0.15) is 0 Å². The lowest BCUT2D eigenvalue weighted by Gasteiger charge is -2.35. The SMILES string of the molecule is CC1(C)c2ccccc2-c2ccc(N(c3ccccc3-c3ccc(-c4ccccc4)cc3)c3cccc4c3-c3ccccc3C4(c3ccccc3)c3ccccc3)cc21. The van der Waals surface area contributed by atoms with Crippen molar-refractivity contribution in [3.63, 3.8) is 0 Å². The Labute approximate surface area is 347 Å². The quantitative estimate of drug-likeness (QED) is 0.157. The molecule has 0 atom stereocenters. The Morgan fingerprint density at radius 1 is 0.322 bits per heavy atom. The molecule has 0 spiro atoms. The predicted molar refractivity (Wildman–Crippen MR) is 247 cm³/mol. The van der Waals surface area contributed by atoms with E-state index in [1.54, 1.807) is 0 Å². The molecule has 9 aromatic carbocycles. The number of fused-ring (bicyclic) bond motifs is 6. The molecule has 0 N–H and O–H groups in total. The van der Waals surface area contributed by atoms with Gasteiger partial charge in [-0.3, -0.25) is 0 Å². The van der Waals surface area contributed by atoms with Crippen molar-refractivity contribution in [2.45, 2.75) is 24.7 Å². The van der Waals surface area contributed by atoms with E-state index in [2.05, 4.69) is 243 Å². The lowest BCUT2D eigenvalue weighted by molar-refractivity contribution is 0.660. The molecule has 0 heterocycles. The fourth-order valence-corrected chi connectivity index (χ4v) is 10.3. The zero-order valence-corrected chi connectivity index (χ0v) is 33.3. The van der Waals surface area contributed by atoms with E-state index in [0.717, 1.165) is 17.1 Å². The Balaban J connectivity index is 1.19. The van der Waals surface area contributed by atoms with E-state index in [-0.39, 0.29) is 5.41 Å². The van der Waals surface area contributed by atoms with Gasteiger partial charge in [0.05, 0.1) is 16.8 Å². The summed E-state index contributed by atoms with van der Waals surface area (Å²) in [6, 6.07) is 83.0. The predicted octanol–water partition coefficient (Wildman–Crippen LogP) is 15.2. The second-order valence-corrected chi connectivity index (χ2v) is 16.4. The van der Waals surface area contributed by atoms with Crippen LogP contribution >= 0.6 is 0 Å². The first-order chi connectivity index (χ1) is 29.0. The second-order valence-electron chi connectivity index (χ2n) is 16.4. The third-order valence-electron chi connectivity index (χ3n) is 13.0.